The first-order valence-electron chi connectivity index (χ1n) is 5.69. The standard InChI is InChI=1S/C12H15N3O4S/c1-8(5-6-13)15(2)20(18,19)11-7-9(14)3-4-10(11)12(16)17/h3-4,7-8H,5,14H2,1-2H3,(H,16,17). The highest BCUT2D eigenvalue weighted by Gasteiger charge is 2.29. The summed E-state index contributed by atoms with van der Waals surface area (Å²) in [5.74, 6) is -1.36. The lowest BCUT2D eigenvalue weighted by Crippen LogP contribution is -2.35. The van der Waals surface area contributed by atoms with Gasteiger partial charge in [-0.25, -0.2) is 13.2 Å². The molecule has 0 radical (unpaired) electrons. The number of aromatic carboxylic acids is 1. The van der Waals surface area contributed by atoms with Crippen molar-refractivity contribution in [3.05, 3.63) is 23.8 Å². The fourth-order valence-corrected chi connectivity index (χ4v) is 3.16. The number of nitrogen functional groups attached to an aromatic ring is 1. The van der Waals surface area contributed by atoms with E-state index in [1.165, 1.54) is 13.1 Å². The Kier molecular flexibility index (Phi) is 4.70. The van der Waals surface area contributed by atoms with E-state index in [4.69, 9.17) is 16.1 Å². The molecule has 1 rings (SSSR count). The first kappa shape index (κ1) is 15.9. The molecule has 0 aliphatic rings. The Labute approximate surface area is 117 Å². The Morgan fingerprint density at radius 3 is 2.65 bits per heavy atom. The molecular weight excluding hydrogens is 282 g/mol. The van der Waals surface area contributed by atoms with Crippen molar-refractivity contribution in [1.82, 2.24) is 4.31 Å². The van der Waals surface area contributed by atoms with Gasteiger partial charge in [-0.1, -0.05) is 0 Å². The van der Waals surface area contributed by atoms with Gasteiger partial charge in [0, 0.05) is 18.8 Å². The van der Waals surface area contributed by atoms with E-state index >= 15 is 0 Å². The number of sulfonamides is 1. The number of rotatable bonds is 5. The number of carbonyl (C=O) groups is 1. The summed E-state index contributed by atoms with van der Waals surface area (Å²) in [6, 6.07) is 4.87. The summed E-state index contributed by atoms with van der Waals surface area (Å²) in [6.45, 7) is 1.56. The van der Waals surface area contributed by atoms with Crippen molar-refractivity contribution in [2.45, 2.75) is 24.3 Å². The van der Waals surface area contributed by atoms with E-state index in [-0.39, 0.29) is 22.6 Å². The molecule has 0 saturated heterocycles. The van der Waals surface area contributed by atoms with Gasteiger partial charge in [0.2, 0.25) is 10.0 Å². The lowest BCUT2D eigenvalue weighted by atomic mass is 10.2. The minimum Gasteiger partial charge on any atom is -0.478 e. The molecule has 0 saturated carbocycles. The highest BCUT2D eigenvalue weighted by atomic mass is 32.2. The molecule has 0 spiro atoms. The van der Waals surface area contributed by atoms with Crippen LogP contribution in [0.25, 0.3) is 0 Å². The fraction of sp³-hybridized carbons (Fsp3) is 0.333. The second-order valence-electron chi connectivity index (χ2n) is 4.29. The molecule has 8 heteroatoms. The molecule has 0 aliphatic carbocycles. The summed E-state index contributed by atoms with van der Waals surface area (Å²) in [5, 5.41) is 17.7. The average molecular weight is 297 g/mol. The summed E-state index contributed by atoms with van der Waals surface area (Å²) < 4.78 is 25.8. The minimum absolute atomic E-state index is 0.000447. The zero-order valence-corrected chi connectivity index (χ0v) is 11.9. The number of carboxylic acids is 1. The van der Waals surface area contributed by atoms with E-state index in [0.29, 0.717) is 0 Å². The van der Waals surface area contributed by atoms with Crippen LogP contribution in [0, 0.1) is 11.3 Å². The van der Waals surface area contributed by atoms with Gasteiger partial charge in [-0.05, 0) is 25.1 Å². The molecule has 0 aromatic heterocycles. The molecule has 7 nitrogen and oxygen atoms in total. The average Bonchev–Trinajstić information content (AvgIpc) is 2.37. The van der Waals surface area contributed by atoms with Crippen molar-refractivity contribution >= 4 is 21.7 Å². The summed E-state index contributed by atoms with van der Waals surface area (Å²) in [5.41, 5.74) is 5.33. The predicted octanol–water partition coefficient (Wildman–Crippen LogP) is 0.890. The van der Waals surface area contributed by atoms with Gasteiger partial charge in [-0.3, -0.25) is 0 Å². The monoisotopic (exact) mass is 297 g/mol. The quantitative estimate of drug-likeness (QED) is 0.777. The molecule has 108 valence electrons. The van der Waals surface area contributed by atoms with Crippen LogP contribution in [0.2, 0.25) is 0 Å². The van der Waals surface area contributed by atoms with Crippen LogP contribution in [0.5, 0.6) is 0 Å². The maximum Gasteiger partial charge on any atom is 0.337 e. The zero-order chi connectivity index (χ0) is 15.5. The molecule has 0 heterocycles. The summed E-state index contributed by atoms with van der Waals surface area (Å²) in [6.07, 6.45) is 0.000447. The number of carboxylic acid groups (broad SMARTS) is 1. The predicted molar refractivity (Wildman–Crippen MR) is 72.5 cm³/mol. The largest absolute Gasteiger partial charge is 0.478 e. The van der Waals surface area contributed by atoms with Crippen LogP contribution in [-0.4, -0.2) is 36.9 Å². The molecule has 20 heavy (non-hydrogen) atoms. The van der Waals surface area contributed by atoms with Gasteiger partial charge < -0.3 is 10.8 Å². The smallest absolute Gasteiger partial charge is 0.337 e. The maximum absolute atomic E-state index is 12.4. The normalized spacial score (nSPS) is 12.9. The van der Waals surface area contributed by atoms with Crippen LogP contribution >= 0.6 is 0 Å². The highest BCUT2D eigenvalue weighted by molar-refractivity contribution is 7.89. The number of benzene rings is 1. The lowest BCUT2D eigenvalue weighted by molar-refractivity contribution is 0.0692. The summed E-state index contributed by atoms with van der Waals surface area (Å²) >= 11 is 0. The van der Waals surface area contributed by atoms with Crippen molar-refractivity contribution in [1.29, 1.82) is 5.26 Å². The number of nitrogens with zero attached hydrogens (tertiary/aromatic N) is 2. The van der Waals surface area contributed by atoms with Crippen molar-refractivity contribution < 1.29 is 18.3 Å². The SMILES string of the molecule is CC(CC#N)N(C)S(=O)(=O)c1cc(N)ccc1C(=O)O. The van der Waals surface area contributed by atoms with E-state index in [9.17, 15) is 13.2 Å². The first-order chi connectivity index (χ1) is 9.21. The van der Waals surface area contributed by atoms with Crippen molar-refractivity contribution in [3.63, 3.8) is 0 Å². The van der Waals surface area contributed by atoms with Gasteiger partial charge >= 0.3 is 5.97 Å². The van der Waals surface area contributed by atoms with Crippen LogP contribution in [0.4, 0.5) is 5.69 Å². The topological polar surface area (TPSA) is 124 Å². The van der Waals surface area contributed by atoms with Crippen LogP contribution < -0.4 is 5.73 Å². The molecule has 0 bridgehead atoms. The Morgan fingerprint density at radius 1 is 1.55 bits per heavy atom. The van der Waals surface area contributed by atoms with E-state index in [0.717, 1.165) is 16.4 Å². The molecule has 1 aromatic rings. The van der Waals surface area contributed by atoms with E-state index < -0.39 is 22.0 Å². The summed E-state index contributed by atoms with van der Waals surface area (Å²) in [4.78, 5) is 10.7. The molecule has 0 aliphatic heterocycles. The third-order valence-electron chi connectivity index (χ3n) is 2.90. The van der Waals surface area contributed by atoms with Gasteiger partial charge in [0.1, 0.15) is 0 Å². The minimum atomic E-state index is -4.04. The number of nitriles is 1. The molecule has 1 atom stereocenters. The fourth-order valence-electron chi connectivity index (χ4n) is 1.58. The molecule has 3 N–H and O–H groups in total. The first-order valence-corrected chi connectivity index (χ1v) is 7.13. The molecule has 1 unspecified atom stereocenters. The van der Waals surface area contributed by atoms with E-state index in [2.05, 4.69) is 0 Å². The summed E-state index contributed by atoms with van der Waals surface area (Å²) in [7, 11) is -2.74. The van der Waals surface area contributed by atoms with Gasteiger partial charge in [0.25, 0.3) is 0 Å². The van der Waals surface area contributed by atoms with Gasteiger partial charge in [-0.15, -0.1) is 0 Å². The number of hydrogen-bond acceptors (Lipinski definition) is 5. The highest BCUT2D eigenvalue weighted by Crippen LogP contribution is 2.24. The Hall–Kier alpha value is -2.11. The molecule has 0 fully saturated rings. The van der Waals surface area contributed by atoms with Crippen molar-refractivity contribution in [2.24, 2.45) is 0 Å². The van der Waals surface area contributed by atoms with Gasteiger partial charge in [-0.2, -0.15) is 9.57 Å². The molecular formula is C12H15N3O4S. The van der Waals surface area contributed by atoms with Crippen LogP contribution in [0.1, 0.15) is 23.7 Å². The zero-order valence-electron chi connectivity index (χ0n) is 11.1. The second kappa shape index (κ2) is 5.90. The number of nitrogens with two attached hydrogens (primary N) is 1. The van der Waals surface area contributed by atoms with Crippen LogP contribution in [0.15, 0.2) is 23.1 Å². The second-order valence-corrected chi connectivity index (χ2v) is 6.26. The van der Waals surface area contributed by atoms with E-state index in [1.54, 1.807) is 6.92 Å². The Bertz CT molecular complexity index is 664. The van der Waals surface area contributed by atoms with Gasteiger partial charge in [0.15, 0.2) is 0 Å². The number of hydrogen-bond donors (Lipinski definition) is 2. The lowest BCUT2D eigenvalue weighted by Gasteiger charge is -2.23. The van der Waals surface area contributed by atoms with E-state index in [1.807, 2.05) is 6.07 Å². The third-order valence-corrected chi connectivity index (χ3v) is 4.91. The Morgan fingerprint density at radius 2 is 2.15 bits per heavy atom. The van der Waals surface area contributed by atoms with Crippen molar-refractivity contribution in [2.75, 3.05) is 12.8 Å². The number of anilines is 1. The Balaban J connectivity index is 3.39. The third kappa shape index (κ3) is 3.07. The van der Waals surface area contributed by atoms with Gasteiger partial charge in [0.05, 0.1) is 22.9 Å². The van der Waals surface area contributed by atoms with Crippen LogP contribution in [-0.2, 0) is 10.0 Å². The van der Waals surface area contributed by atoms with Crippen LogP contribution in [0.3, 0.4) is 0 Å². The van der Waals surface area contributed by atoms with Crippen molar-refractivity contribution in [3.8, 4) is 6.07 Å². The molecule has 0 amide bonds. The molecule has 1 aromatic carbocycles. The maximum atomic E-state index is 12.4.